The molecule has 5 nitrogen and oxygen atoms in total. The van der Waals surface area contributed by atoms with Crippen molar-refractivity contribution in [1.29, 1.82) is 0 Å². The first kappa shape index (κ1) is 17.8. The number of ether oxygens (including phenoxy) is 2. The largest absolute Gasteiger partial charge is 0.497 e. The Morgan fingerprint density at radius 2 is 1.57 bits per heavy atom. The van der Waals surface area contributed by atoms with E-state index in [1.165, 1.54) is 0 Å². The molecule has 0 radical (unpaired) electrons. The van der Waals surface area contributed by atoms with Crippen LogP contribution in [0.5, 0.6) is 11.5 Å². The van der Waals surface area contributed by atoms with Gasteiger partial charge in [0.05, 0.1) is 19.7 Å². The number of hydrogen-bond acceptors (Lipinski definition) is 5. The maximum absolute atomic E-state index is 5.31. The molecule has 0 amide bonds. The fourth-order valence-electron chi connectivity index (χ4n) is 3.05. The Balaban J connectivity index is 1.69. The molecule has 0 bridgehead atoms. The standard InChI is InChI=1S/C23H21N3O2/c1-27-18-12-10-17(11-13-18)22-25-21-9-4-3-8-20(21)23(26-22)24-15-16-6-5-7-19(14-16)28-2/h3-14H,15H2,1-2H3,(H,24,25,26). The molecule has 4 rings (SSSR count). The molecule has 0 saturated carbocycles. The van der Waals surface area contributed by atoms with E-state index >= 15 is 0 Å². The molecule has 5 heteroatoms. The molecule has 3 aromatic carbocycles. The van der Waals surface area contributed by atoms with Gasteiger partial charge >= 0.3 is 0 Å². The molecule has 1 heterocycles. The number of aromatic nitrogens is 2. The minimum absolute atomic E-state index is 0.639. The zero-order valence-corrected chi connectivity index (χ0v) is 15.8. The third kappa shape index (κ3) is 3.74. The maximum Gasteiger partial charge on any atom is 0.162 e. The summed E-state index contributed by atoms with van der Waals surface area (Å²) in [5.41, 5.74) is 2.96. The zero-order valence-electron chi connectivity index (χ0n) is 15.8. The number of nitrogens with one attached hydrogen (secondary N) is 1. The molecule has 0 aliphatic heterocycles. The highest BCUT2D eigenvalue weighted by Gasteiger charge is 2.10. The first-order chi connectivity index (χ1) is 13.8. The molecule has 0 aliphatic rings. The molecule has 0 atom stereocenters. The monoisotopic (exact) mass is 371 g/mol. The van der Waals surface area contributed by atoms with Crippen LogP contribution in [0.25, 0.3) is 22.3 Å². The Bertz CT molecular complexity index is 1090. The van der Waals surface area contributed by atoms with E-state index in [0.29, 0.717) is 12.4 Å². The van der Waals surface area contributed by atoms with Crippen LogP contribution >= 0.6 is 0 Å². The number of rotatable bonds is 6. The quantitative estimate of drug-likeness (QED) is 0.521. The molecule has 140 valence electrons. The highest BCUT2D eigenvalue weighted by Crippen LogP contribution is 2.26. The van der Waals surface area contributed by atoms with Gasteiger partial charge < -0.3 is 14.8 Å². The van der Waals surface area contributed by atoms with Crippen molar-refractivity contribution in [3.05, 3.63) is 78.4 Å². The van der Waals surface area contributed by atoms with Gasteiger partial charge in [-0.15, -0.1) is 0 Å². The molecular formula is C23H21N3O2. The first-order valence-corrected chi connectivity index (χ1v) is 9.05. The number of benzene rings is 3. The predicted molar refractivity (Wildman–Crippen MR) is 112 cm³/mol. The van der Waals surface area contributed by atoms with Crippen LogP contribution in [0, 0.1) is 0 Å². The molecule has 4 aromatic rings. The van der Waals surface area contributed by atoms with Crippen molar-refractivity contribution in [2.45, 2.75) is 6.54 Å². The van der Waals surface area contributed by atoms with Crippen LogP contribution in [0.1, 0.15) is 5.56 Å². The fourth-order valence-corrected chi connectivity index (χ4v) is 3.05. The Morgan fingerprint density at radius 3 is 2.36 bits per heavy atom. The van der Waals surface area contributed by atoms with E-state index in [4.69, 9.17) is 19.4 Å². The molecule has 0 saturated heterocycles. The van der Waals surface area contributed by atoms with Gasteiger partial charge in [0.2, 0.25) is 0 Å². The van der Waals surface area contributed by atoms with Gasteiger partial charge in [0.15, 0.2) is 5.82 Å². The van der Waals surface area contributed by atoms with E-state index in [1.54, 1.807) is 14.2 Å². The summed E-state index contributed by atoms with van der Waals surface area (Å²) in [5, 5.41) is 4.45. The number of para-hydroxylation sites is 1. The van der Waals surface area contributed by atoms with Crippen molar-refractivity contribution in [1.82, 2.24) is 9.97 Å². The van der Waals surface area contributed by atoms with Crippen LogP contribution in [0.3, 0.4) is 0 Å². The lowest BCUT2D eigenvalue weighted by Gasteiger charge is -2.12. The third-order valence-corrected chi connectivity index (χ3v) is 4.55. The molecule has 0 fully saturated rings. The molecule has 0 unspecified atom stereocenters. The average Bonchev–Trinajstić information content (AvgIpc) is 2.77. The Hall–Kier alpha value is -3.60. The number of hydrogen-bond donors (Lipinski definition) is 1. The van der Waals surface area contributed by atoms with Crippen molar-refractivity contribution < 1.29 is 9.47 Å². The summed E-state index contributed by atoms with van der Waals surface area (Å²) in [5.74, 6) is 3.13. The Kier molecular flexibility index (Phi) is 5.06. The number of methoxy groups -OCH3 is 2. The summed E-state index contributed by atoms with van der Waals surface area (Å²) in [7, 11) is 3.33. The van der Waals surface area contributed by atoms with Crippen LogP contribution in [-0.4, -0.2) is 24.2 Å². The molecule has 1 N–H and O–H groups in total. The summed E-state index contributed by atoms with van der Waals surface area (Å²) in [6.07, 6.45) is 0. The second-order valence-corrected chi connectivity index (χ2v) is 6.35. The van der Waals surface area contributed by atoms with Gasteiger partial charge in [-0.3, -0.25) is 0 Å². The van der Waals surface area contributed by atoms with Crippen molar-refractivity contribution in [3.63, 3.8) is 0 Å². The summed E-state index contributed by atoms with van der Waals surface area (Å²) in [4.78, 5) is 9.52. The molecule has 0 aliphatic carbocycles. The van der Waals surface area contributed by atoms with E-state index in [2.05, 4.69) is 11.4 Å². The van der Waals surface area contributed by atoms with Crippen molar-refractivity contribution in [2.24, 2.45) is 0 Å². The Morgan fingerprint density at radius 1 is 0.786 bits per heavy atom. The van der Waals surface area contributed by atoms with E-state index in [-0.39, 0.29) is 0 Å². The van der Waals surface area contributed by atoms with Gasteiger partial charge in [-0.2, -0.15) is 0 Å². The van der Waals surface area contributed by atoms with Crippen molar-refractivity contribution in [3.8, 4) is 22.9 Å². The van der Waals surface area contributed by atoms with Gasteiger partial charge in [-0.05, 0) is 54.1 Å². The maximum atomic E-state index is 5.31. The first-order valence-electron chi connectivity index (χ1n) is 9.05. The number of fused-ring (bicyclic) bond motifs is 1. The fraction of sp³-hybridized carbons (Fsp3) is 0.130. The summed E-state index contributed by atoms with van der Waals surface area (Å²) < 4.78 is 10.6. The van der Waals surface area contributed by atoms with Gasteiger partial charge in [-0.25, -0.2) is 9.97 Å². The minimum Gasteiger partial charge on any atom is -0.497 e. The van der Waals surface area contributed by atoms with Crippen LogP contribution < -0.4 is 14.8 Å². The van der Waals surface area contributed by atoms with Crippen LogP contribution in [0.4, 0.5) is 5.82 Å². The normalized spacial score (nSPS) is 10.6. The van der Waals surface area contributed by atoms with E-state index in [0.717, 1.165) is 39.3 Å². The second kappa shape index (κ2) is 7.96. The van der Waals surface area contributed by atoms with Gasteiger partial charge in [-0.1, -0.05) is 24.3 Å². The molecule has 0 spiro atoms. The van der Waals surface area contributed by atoms with E-state index in [9.17, 15) is 0 Å². The van der Waals surface area contributed by atoms with E-state index < -0.39 is 0 Å². The lowest BCUT2D eigenvalue weighted by atomic mass is 10.1. The summed E-state index contributed by atoms with van der Waals surface area (Å²) >= 11 is 0. The summed E-state index contributed by atoms with van der Waals surface area (Å²) in [6.45, 7) is 0.639. The molecule has 1 aromatic heterocycles. The van der Waals surface area contributed by atoms with Crippen LogP contribution in [0.15, 0.2) is 72.8 Å². The van der Waals surface area contributed by atoms with E-state index in [1.807, 2.05) is 66.7 Å². The topological polar surface area (TPSA) is 56.3 Å². The minimum atomic E-state index is 0.639. The van der Waals surface area contributed by atoms with Crippen LogP contribution in [-0.2, 0) is 6.54 Å². The van der Waals surface area contributed by atoms with Crippen molar-refractivity contribution >= 4 is 16.7 Å². The number of anilines is 1. The lowest BCUT2D eigenvalue weighted by molar-refractivity contribution is 0.414. The SMILES string of the molecule is COc1ccc(-c2nc(NCc3cccc(OC)c3)c3ccccc3n2)cc1. The number of nitrogens with zero attached hydrogens (tertiary/aromatic N) is 2. The van der Waals surface area contributed by atoms with Crippen molar-refractivity contribution in [2.75, 3.05) is 19.5 Å². The van der Waals surface area contributed by atoms with Gasteiger partial charge in [0, 0.05) is 17.5 Å². The average molecular weight is 371 g/mol. The molecular weight excluding hydrogens is 350 g/mol. The highest BCUT2D eigenvalue weighted by molar-refractivity contribution is 5.90. The third-order valence-electron chi connectivity index (χ3n) is 4.55. The smallest absolute Gasteiger partial charge is 0.162 e. The summed E-state index contributed by atoms with van der Waals surface area (Å²) in [6, 6.07) is 23.8. The molecule has 28 heavy (non-hydrogen) atoms. The predicted octanol–water partition coefficient (Wildman–Crippen LogP) is 4.93. The van der Waals surface area contributed by atoms with Crippen LogP contribution in [0.2, 0.25) is 0 Å². The Labute approximate surface area is 164 Å². The zero-order chi connectivity index (χ0) is 19.3. The highest BCUT2D eigenvalue weighted by atomic mass is 16.5. The van der Waals surface area contributed by atoms with Gasteiger partial charge in [0.25, 0.3) is 0 Å². The van der Waals surface area contributed by atoms with Gasteiger partial charge in [0.1, 0.15) is 17.3 Å². The second-order valence-electron chi connectivity index (χ2n) is 6.35. The lowest BCUT2D eigenvalue weighted by Crippen LogP contribution is -2.04.